The molecule has 0 spiro atoms. The monoisotopic (exact) mass is 227 g/mol. The van der Waals surface area contributed by atoms with E-state index in [0.29, 0.717) is 12.5 Å². The molecule has 2 rings (SSSR count). The number of rotatable bonds is 4. The quantitative estimate of drug-likeness (QED) is 0.805. The highest BCUT2D eigenvalue weighted by Crippen LogP contribution is 2.17. The van der Waals surface area contributed by atoms with Gasteiger partial charge in [-0.25, -0.2) is 4.98 Å². The fourth-order valence-corrected chi connectivity index (χ4v) is 1.38. The third-order valence-corrected chi connectivity index (χ3v) is 2.20. The lowest BCUT2D eigenvalue weighted by Gasteiger charge is -2.04. The lowest BCUT2D eigenvalue weighted by molar-refractivity contribution is 0.325. The molecule has 0 unspecified atom stereocenters. The van der Waals surface area contributed by atoms with Gasteiger partial charge in [0, 0.05) is 11.8 Å². The van der Waals surface area contributed by atoms with Crippen LogP contribution in [0.2, 0.25) is 0 Å². The molecule has 86 valence electrons. The van der Waals surface area contributed by atoms with Crippen LogP contribution in [0.4, 0.5) is 0 Å². The Morgan fingerprint density at radius 2 is 2.18 bits per heavy atom. The van der Waals surface area contributed by atoms with Crippen LogP contribution in [0.5, 0.6) is 5.88 Å². The molecule has 4 heteroatoms. The second kappa shape index (κ2) is 5.21. The summed E-state index contributed by atoms with van der Waals surface area (Å²) in [7, 11) is 0. The van der Waals surface area contributed by atoms with Gasteiger partial charge in [-0.1, -0.05) is 6.58 Å². The maximum atomic E-state index is 5.30. The molecule has 0 aliphatic heterocycles. The Kier molecular flexibility index (Phi) is 3.45. The SMILES string of the molecule is C=Cc1ccc(-c2cncc(OCC)n2)cn1. The highest BCUT2D eigenvalue weighted by atomic mass is 16.5. The first-order valence-electron chi connectivity index (χ1n) is 5.37. The number of hydrogen-bond donors (Lipinski definition) is 0. The van der Waals surface area contributed by atoms with Crippen molar-refractivity contribution in [3.63, 3.8) is 0 Å². The Hall–Kier alpha value is -2.23. The Morgan fingerprint density at radius 3 is 2.82 bits per heavy atom. The predicted molar refractivity (Wildman–Crippen MR) is 66.5 cm³/mol. The molecule has 17 heavy (non-hydrogen) atoms. The molecule has 0 fully saturated rings. The van der Waals surface area contributed by atoms with Crippen molar-refractivity contribution >= 4 is 6.08 Å². The van der Waals surface area contributed by atoms with Crippen LogP contribution in [0.3, 0.4) is 0 Å². The van der Waals surface area contributed by atoms with Crippen LogP contribution >= 0.6 is 0 Å². The minimum absolute atomic E-state index is 0.526. The first-order valence-corrected chi connectivity index (χ1v) is 5.37. The van der Waals surface area contributed by atoms with E-state index in [1.165, 1.54) is 0 Å². The Balaban J connectivity index is 2.31. The maximum Gasteiger partial charge on any atom is 0.232 e. The van der Waals surface area contributed by atoms with Crippen LogP contribution < -0.4 is 4.74 Å². The van der Waals surface area contributed by atoms with E-state index in [4.69, 9.17) is 4.74 Å². The summed E-state index contributed by atoms with van der Waals surface area (Å²) in [5.41, 5.74) is 2.49. The van der Waals surface area contributed by atoms with E-state index >= 15 is 0 Å². The van der Waals surface area contributed by atoms with Gasteiger partial charge in [0.25, 0.3) is 0 Å². The van der Waals surface area contributed by atoms with Gasteiger partial charge in [0.05, 0.1) is 30.4 Å². The van der Waals surface area contributed by atoms with E-state index in [1.54, 1.807) is 24.7 Å². The molecule has 0 saturated carbocycles. The summed E-state index contributed by atoms with van der Waals surface area (Å²) in [6, 6.07) is 3.82. The molecule has 0 amide bonds. The number of aromatic nitrogens is 3. The van der Waals surface area contributed by atoms with Gasteiger partial charge in [0.15, 0.2) is 0 Å². The molecule has 0 N–H and O–H groups in total. The standard InChI is InChI=1S/C13H13N3O/c1-3-11-6-5-10(7-15-11)12-8-14-9-13(16-12)17-4-2/h3,5-9H,1,4H2,2H3. The number of ether oxygens (including phenoxy) is 1. The molecule has 2 aromatic heterocycles. The van der Waals surface area contributed by atoms with Crippen LogP contribution in [0.25, 0.3) is 17.3 Å². The summed E-state index contributed by atoms with van der Waals surface area (Å²) in [6.07, 6.45) is 6.73. The van der Waals surface area contributed by atoms with Gasteiger partial charge in [0.2, 0.25) is 5.88 Å². The molecule has 0 radical (unpaired) electrons. The largest absolute Gasteiger partial charge is 0.477 e. The summed E-state index contributed by atoms with van der Waals surface area (Å²) < 4.78 is 5.30. The highest BCUT2D eigenvalue weighted by Gasteiger charge is 2.02. The van der Waals surface area contributed by atoms with E-state index in [-0.39, 0.29) is 0 Å². The van der Waals surface area contributed by atoms with Gasteiger partial charge in [-0.05, 0) is 25.1 Å². The van der Waals surface area contributed by atoms with E-state index in [2.05, 4.69) is 21.5 Å². The van der Waals surface area contributed by atoms with Crippen molar-refractivity contribution in [2.75, 3.05) is 6.61 Å². The Morgan fingerprint density at radius 1 is 1.29 bits per heavy atom. The van der Waals surface area contributed by atoms with Crippen molar-refractivity contribution in [2.24, 2.45) is 0 Å². The van der Waals surface area contributed by atoms with Crippen molar-refractivity contribution in [3.05, 3.63) is 43.0 Å². The van der Waals surface area contributed by atoms with Gasteiger partial charge in [0.1, 0.15) is 0 Å². The van der Waals surface area contributed by atoms with E-state index in [0.717, 1.165) is 17.0 Å². The minimum Gasteiger partial charge on any atom is -0.477 e. The summed E-state index contributed by atoms with van der Waals surface area (Å²) in [6.45, 7) is 6.15. The van der Waals surface area contributed by atoms with Gasteiger partial charge in [-0.2, -0.15) is 0 Å². The normalized spacial score (nSPS) is 9.94. The smallest absolute Gasteiger partial charge is 0.232 e. The summed E-state index contributed by atoms with van der Waals surface area (Å²) in [4.78, 5) is 12.6. The summed E-state index contributed by atoms with van der Waals surface area (Å²) in [5, 5.41) is 0. The third-order valence-electron chi connectivity index (χ3n) is 2.20. The molecule has 0 atom stereocenters. The molecule has 2 aromatic rings. The number of nitrogens with zero attached hydrogens (tertiary/aromatic N) is 3. The molecule has 0 aromatic carbocycles. The fourth-order valence-electron chi connectivity index (χ4n) is 1.38. The Bertz CT molecular complexity index is 508. The van der Waals surface area contributed by atoms with E-state index < -0.39 is 0 Å². The average Bonchev–Trinajstić information content (AvgIpc) is 2.40. The zero-order valence-electron chi connectivity index (χ0n) is 9.63. The first kappa shape index (κ1) is 11.3. The molecule has 4 nitrogen and oxygen atoms in total. The van der Waals surface area contributed by atoms with E-state index in [9.17, 15) is 0 Å². The molecule has 0 bridgehead atoms. The zero-order chi connectivity index (χ0) is 12.1. The van der Waals surface area contributed by atoms with Crippen LogP contribution in [0.1, 0.15) is 12.6 Å². The van der Waals surface area contributed by atoms with Crippen LogP contribution in [-0.2, 0) is 0 Å². The molecular formula is C13H13N3O. The molecule has 0 aliphatic carbocycles. The van der Waals surface area contributed by atoms with Crippen LogP contribution in [-0.4, -0.2) is 21.6 Å². The van der Waals surface area contributed by atoms with Gasteiger partial charge in [-0.3, -0.25) is 9.97 Å². The van der Waals surface area contributed by atoms with Gasteiger partial charge >= 0.3 is 0 Å². The molecule has 0 saturated heterocycles. The average molecular weight is 227 g/mol. The van der Waals surface area contributed by atoms with Crippen molar-refractivity contribution in [3.8, 4) is 17.1 Å². The molecular weight excluding hydrogens is 214 g/mol. The van der Waals surface area contributed by atoms with Gasteiger partial charge < -0.3 is 4.74 Å². The second-order valence-corrected chi connectivity index (χ2v) is 3.35. The maximum absolute atomic E-state index is 5.30. The summed E-state index contributed by atoms with van der Waals surface area (Å²) in [5.74, 6) is 0.526. The zero-order valence-corrected chi connectivity index (χ0v) is 9.63. The Labute approximate surface area is 100 Å². The van der Waals surface area contributed by atoms with Crippen molar-refractivity contribution in [2.45, 2.75) is 6.92 Å². The predicted octanol–water partition coefficient (Wildman–Crippen LogP) is 2.58. The van der Waals surface area contributed by atoms with Crippen molar-refractivity contribution < 1.29 is 4.74 Å². The number of hydrogen-bond acceptors (Lipinski definition) is 4. The van der Waals surface area contributed by atoms with Crippen molar-refractivity contribution in [1.29, 1.82) is 0 Å². The fraction of sp³-hybridized carbons (Fsp3) is 0.154. The van der Waals surface area contributed by atoms with Crippen LogP contribution in [0.15, 0.2) is 37.3 Å². The van der Waals surface area contributed by atoms with Crippen LogP contribution in [0, 0.1) is 0 Å². The molecule has 0 aliphatic rings. The van der Waals surface area contributed by atoms with Gasteiger partial charge in [-0.15, -0.1) is 0 Å². The third kappa shape index (κ3) is 2.66. The lowest BCUT2D eigenvalue weighted by atomic mass is 10.2. The first-order chi connectivity index (χ1) is 8.33. The topological polar surface area (TPSA) is 47.9 Å². The number of pyridine rings is 1. The highest BCUT2D eigenvalue weighted by molar-refractivity contribution is 5.58. The lowest BCUT2D eigenvalue weighted by Crippen LogP contribution is -1.96. The summed E-state index contributed by atoms with van der Waals surface area (Å²) >= 11 is 0. The minimum atomic E-state index is 0.526. The second-order valence-electron chi connectivity index (χ2n) is 3.35. The molecule has 2 heterocycles. The van der Waals surface area contributed by atoms with E-state index in [1.807, 2.05) is 19.1 Å². The van der Waals surface area contributed by atoms with Crippen molar-refractivity contribution in [1.82, 2.24) is 15.0 Å².